The van der Waals surface area contributed by atoms with Gasteiger partial charge in [-0.15, -0.1) is 0 Å². The number of aromatic nitrogens is 2. The molecule has 0 aliphatic heterocycles. The second-order valence-electron chi connectivity index (χ2n) is 3.90. The van der Waals surface area contributed by atoms with Gasteiger partial charge in [-0.3, -0.25) is 0 Å². The zero-order valence-electron chi connectivity index (χ0n) is 9.81. The van der Waals surface area contributed by atoms with Crippen molar-refractivity contribution in [3.05, 3.63) is 47.8 Å². The fourth-order valence-corrected chi connectivity index (χ4v) is 2.46. The van der Waals surface area contributed by atoms with Gasteiger partial charge in [0, 0.05) is 42.9 Å². The van der Waals surface area contributed by atoms with Crippen LogP contribution in [0.5, 0.6) is 0 Å². The molecule has 0 radical (unpaired) electrons. The number of hydrogen-bond donors (Lipinski definition) is 1. The van der Waals surface area contributed by atoms with E-state index in [1.165, 1.54) is 23.9 Å². The van der Waals surface area contributed by atoms with Crippen LogP contribution in [-0.2, 0) is 7.05 Å². The number of nitrogens with two attached hydrogens (primary N) is 1. The van der Waals surface area contributed by atoms with E-state index in [0.717, 1.165) is 11.2 Å². The normalized spacial score (nSPS) is 12.7. The maximum atomic E-state index is 13.5. The van der Waals surface area contributed by atoms with Gasteiger partial charge < -0.3 is 10.3 Å². The Labute approximate surface area is 108 Å². The van der Waals surface area contributed by atoms with Crippen LogP contribution >= 0.6 is 11.8 Å². The lowest BCUT2D eigenvalue weighted by Crippen LogP contribution is -2.15. The first kappa shape index (κ1) is 13.0. The lowest BCUT2D eigenvalue weighted by molar-refractivity contribution is 0.563. The van der Waals surface area contributed by atoms with Crippen molar-refractivity contribution in [1.29, 1.82) is 0 Å². The van der Waals surface area contributed by atoms with Crippen LogP contribution in [-0.4, -0.2) is 15.3 Å². The molecule has 0 saturated heterocycles. The summed E-state index contributed by atoms with van der Waals surface area (Å²) in [6.07, 6.45) is 3.51. The number of thioether (sulfide) groups is 1. The Kier molecular flexibility index (Phi) is 3.98. The molecular formula is C12H13F2N3S. The Morgan fingerprint density at radius 3 is 2.83 bits per heavy atom. The van der Waals surface area contributed by atoms with E-state index in [4.69, 9.17) is 5.73 Å². The quantitative estimate of drug-likeness (QED) is 0.867. The minimum absolute atomic E-state index is 0.318. The summed E-state index contributed by atoms with van der Waals surface area (Å²) in [4.78, 5) is 4.13. The number of hydrogen-bond acceptors (Lipinski definition) is 3. The van der Waals surface area contributed by atoms with Crippen molar-refractivity contribution in [2.45, 2.75) is 11.2 Å². The molecule has 2 rings (SSSR count). The van der Waals surface area contributed by atoms with E-state index in [-0.39, 0.29) is 0 Å². The van der Waals surface area contributed by atoms with Gasteiger partial charge in [0.25, 0.3) is 0 Å². The van der Waals surface area contributed by atoms with Crippen LogP contribution in [0.2, 0.25) is 0 Å². The molecule has 0 fully saturated rings. The van der Waals surface area contributed by atoms with Crippen LogP contribution in [0.4, 0.5) is 8.78 Å². The Hall–Kier alpha value is -1.40. The van der Waals surface area contributed by atoms with Gasteiger partial charge in [-0.25, -0.2) is 13.8 Å². The first-order chi connectivity index (χ1) is 8.58. The molecule has 1 heterocycles. The van der Waals surface area contributed by atoms with Crippen molar-refractivity contribution in [2.24, 2.45) is 12.8 Å². The molecule has 2 aromatic rings. The summed E-state index contributed by atoms with van der Waals surface area (Å²) in [7, 11) is 1.87. The van der Waals surface area contributed by atoms with E-state index in [9.17, 15) is 8.78 Å². The summed E-state index contributed by atoms with van der Waals surface area (Å²) in [5.41, 5.74) is 6.21. The van der Waals surface area contributed by atoms with E-state index in [1.807, 2.05) is 17.8 Å². The maximum Gasteiger partial charge on any atom is 0.167 e. The van der Waals surface area contributed by atoms with Gasteiger partial charge in [0.1, 0.15) is 11.6 Å². The fourth-order valence-electron chi connectivity index (χ4n) is 1.55. The summed E-state index contributed by atoms with van der Waals surface area (Å²) in [5.74, 6) is -0.726. The summed E-state index contributed by atoms with van der Waals surface area (Å²) in [6.45, 7) is 0. The lowest BCUT2D eigenvalue weighted by atomic mass is 10.1. The Balaban J connectivity index is 2.03. The third-order valence-electron chi connectivity index (χ3n) is 2.53. The molecular weight excluding hydrogens is 256 g/mol. The first-order valence-electron chi connectivity index (χ1n) is 5.38. The van der Waals surface area contributed by atoms with E-state index in [2.05, 4.69) is 4.98 Å². The molecule has 1 atom stereocenters. The third-order valence-corrected chi connectivity index (χ3v) is 3.71. The van der Waals surface area contributed by atoms with Crippen LogP contribution in [0.25, 0.3) is 0 Å². The molecule has 0 spiro atoms. The van der Waals surface area contributed by atoms with Gasteiger partial charge in [0.05, 0.1) is 0 Å². The summed E-state index contributed by atoms with van der Waals surface area (Å²) >= 11 is 1.44. The number of nitrogens with zero attached hydrogens (tertiary/aromatic N) is 2. The fraction of sp³-hybridized carbons (Fsp3) is 0.250. The number of halogens is 2. The topological polar surface area (TPSA) is 43.8 Å². The van der Waals surface area contributed by atoms with Gasteiger partial charge in [-0.05, 0) is 6.07 Å². The molecule has 1 unspecified atom stereocenters. The molecule has 1 aromatic carbocycles. The second-order valence-corrected chi connectivity index (χ2v) is 4.89. The van der Waals surface area contributed by atoms with Crippen molar-refractivity contribution in [3.63, 3.8) is 0 Å². The van der Waals surface area contributed by atoms with Gasteiger partial charge in [0.2, 0.25) is 0 Å². The highest BCUT2D eigenvalue weighted by Gasteiger charge is 2.13. The molecule has 2 N–H and O–H groups in total. The van der Waals surface area contributed by atoms with E-state index in [1.54, 1.807) is 6.20 Å². The van der Waals surface area contributed by atoms with Crippen LogP contribution < -0.4 is 5.73 Å². The monoisotopic (exact) mass is 269 g/mol. The van der Waals surface area contributed by atoms with Crippen LogP contribution in [0.15, 0.2) is 35.7 Å². The minimum atomic E-state index is -0.608. The summed E-state index contributed by atoms with van der Waals surface area (Å²) in [6, 6.07) is 2.95. The summed E-state index contributed by atoms with van der Waals surface area (Å²) in [5, 5.41) is 0.813. The Bertz CT molecular complexity index is 542. The van der Waals surface area contributed by atoms with Gasteiger partial charge in [-0.1, -0.05) is 17.8 Å². The zero-order chi connectivity index (χ0) is 13.1. The maximum absolute atomic E-state index is 13.5. The largest absolute Gasteiger partial charge is 0.329 e. The van der Waals surface area contributed by atoms with Gasteiger partial charge in [-0.2, -0.15) is 0 Å². The Morgan fingerprint density at radius 2 is 2.22 bits per heavy atom. The minimum Gasteiger partial charge on any atom is -0.329 e. The lowest BCUT2D eigenvalue weighted by Gasteiger charge is -2.12. The van der Waals surface area contributed by atoms with Crippen molar-refractivity contribution in [2.75, 3.05) is 5.75 Å². The third kappa shape index (κ3) is 2.88. The van der Waals surface area contributed by atoms with E-state index >= 15 is 0 Å². The van der Waals surface area contributed by atoms with Crippen molar-refractivity contribution < 1.29 is 8.78 Å². The Morgan fingerprint density at radius 1 is 1.44 bits per heavy atom. The standard InChI is InChI=1S/C12H13F2N3S/c1-17-5-4-16-12(17)18-7-11(15)9-3-2-8(13)6-10(9)14/h2-6,11H,7,15H2,1H3. The van der Waals surface area contributed by atoms with E-state index in [0.29, 0.717) is 11.3 Å². The van der Waals surface area contributed by atoms with Crippen molar-refractivity contribution in [1.82, 2.24) is 9.55 Å². The van der Waals surface area contributed by atoms with Crippen LogP contribution in [0.3, 0.4) is 0 Å². The average Bonchev–Trinajstić information content (AvgIpc) is 2.72. The molecule has 0 aliphatic rings. The average molecular weight is 269 g/mol. The first-order valence-corrected chi connectivity index (χ1v) is 6.37. The molecule has 6 heteroatoms. The molecule has 0 saturated carbocycles. The predicted molar refractivity (Wildman–Crippen MR) is 67.2 cm³/mol. The van der Waals surface area contributed by atoms with Crippen LogP contribution in [0, 0.1) is 11.6 Å². The van der Waals surface area contributed by atoms with Crippen LogP contribution in [0.1, 0.15) is 11.6 Å². The predicted octanol–water partition coefficient (Wildman–Crippen LogP) is 2.49. The SMILES string of the molecule is Cn1ccnc1SCC(N)c1ccc(F)cc1F. The molecule has 0 aliphatic carbocycles. The number of aryl methyl sites for hydroxylation is 1. The smallest absolute Gasteiger partial charge is 0.167 e. The molecule has 1 aromatic heterocycles. The van der Waals surface area contributed by atoms with Crippen molar-refractivity contribution in [3.8, 4) is 0 Å². The molecule has 3 nitrogen and oxygen atoms in total. The van der Waals surface area contributed by atoms with Crippen molar-refractivity contribution >= 4 is 11.8 Å². The highest BCUT2D eigenvalue weighted by atomic mass is 32.2. The number of imidazole rings is 1. The highest BCUT2D eigenvalue weighted by molar-refractivity contribution is 7.99. The molecule has 18 heavy (non-hydrogen) atoms. The zero-order valence-corrected chi connectivity index (χ0v) is 10.6. The molecule has 96 valence electrons. The highest BCUT2D eigenvalue weighted by Crippen LogP contribution is 2.23. The second kappa shape index (κ2) is 5.49. The van der Waals surface area contributed by atoms with Gasteiger partial charge in [0.15, 0.2) is 5.16 Å². The number of benzene rings is 1. The molecule has 0 amide bonds. The number of rotatable bonds is 4. The van der Waals surface area contributed by atoms with Gasteiger partial charge >= 0.3 is 0 Å². The van der Waals surface area contributed by atoms with E-state index < -0.39 is 17.7 Å². The molecule has 0 bridgehead atoms. The summed E-state index contributed by atoms with van der Waals surface area (Å²) < 4.78 is 28.1.